The van der Waals surface area contributed by atoms with E-state index in [0.717, 1.165) is 12.1 Å². The molecule has 2 atom stereocenters. The van der Waals surface area contributed by atoms with E-state index in [9.17, 15) is 22.8 Å². The smallest absolute Gasteiger partial charge is 0.416 e. The molecule has 0 bridgehead atoms. The summed E-state index contributed by atoms with van der Waals surface area (Å²) < 4.78 is 60.6. The number of amides is 2. The highest BCUT2D eigenvalue weighted by Crippen LogP contribution is 2.33. The summed E-state index contributed by atoms with van der Waals surface area (Å²) >= 11 is 0. The first kappa shape index (κ1) is 25.6. The maximum Gasteiger partial charge on any atom is 0.416 e. The molecule has 12 heteroatoms. The molecule has 2 saturated heterocycles. The molecule has 3 heterocycles. The summed E-state index contributed by atoms with van der Waals surface area (Å²) in [6.07, 6.45) is -3.03. The summed E-state index contributed by atoms with van der Waals surface area (Å²) in [6, 6.07) is 11.1. The number of anilines is 2. The van der Waals surface area contributed by atoms with Crippen LogP contribution < -0.4 is 15.1 Å². The molecule has 2 aromatic carbocycles. The molecule has 0 saturated carbocycles. The summed E-state index contributed by atoms with van der Waals surface area (Å²) in [5.74, 6) is -0.711. The van der Waals surface area contributed by atoms with Crippen LogP contribution in [0.2, 0.25) is 0 Å². The molecule has 5 rings (SSSR count). The number of halogens is 4. The molecule has 0 aliphatic carbocycles. The lowest BCUT2D eigenvalue weighted by atomic mass is 10.1. The monoisotopic (exact) mass is 531 g/mol. The minimum absolute atomic E-state index is 0.0413. The quantitative estimate of drug-likeness (QED) is 0.470. The first-order valence-corrected chi connectivity index (χ1v) is 12.1. The topological polar surface area (TPSA) is 79.7 Å². The second-order valence-corrected chi connectivity index (χ2v) is 9.33. The number of alkyl halides is 3. The van der Waals surface area contributed by atoms with Crippen LogP contribution in [0, 0.1) is 5.82 Å². The number of nitrogens with one attached hydrogen (secondary N) is 1. The number of benzene rings is 2. The molecule has 200 valence electrons. The molecule has 2 amide bonds. The van der Waals surface area contributed by atoms with E-state index in [1.807, 2.05) is 4.90 Å². The van der Waals surface area contributed by atoms with E-state index < -0.39 is 29.8 Å². The number of carbonyl (C=O) groups is 2. The lowest BCUT2D eigenvalue weighted by Gasteiger charge is -2.21. The summed E-state index contributed by atoms with van der Waals surface area (Å²) in [4.78, 5) is 26.6. The normalized spacial score (nSPS) is 19.7. The largest absolute Gasteiger partial charge is 0.442 e. The zero-order valence-corrected chi connectivity index (χ0v) is 20.4. The van der Waals surface area contributed by atoms with Gasteiger partial charge in [-0.15, -0.1) is 0 Å². The molecule has 1 aromatic heterocycles. The van der Waals surface area contributed by atoms with Gasteiger partial charge in [0.25, 0.3) is 0 Å². The number of nitrogens with zero attached hydrogens (tertiary/aromatic N) is 4. The van der Waals surface area contributed by atoms with E-state index in [-0.39, 0.29) is 25.0 Å². The zero-order valence-electron chi connectivity index (χ0n) is 20.4. The average Bonchev–Trinajstić information content (AvgIpc) is 3.62. The van der Waals surface area contributed by atoms with Crippen LogP contribution in [-0.2, 0) is 15.7 Å². The fourth-order valence-electron chi connectivity index (χ4n) is 4.72. The van der Waals surface area contributed by atoms with Crippen molar-refractivity contribution in [2.75, 3.05) is 36.0 Å². The maximum atomic E-state index is 15.1. The standard InChI is InChI=1S/C26H25F4N5O3/c1-16(36)31-13-21-15-34(25(37)38-21)19-6-7-24(22(27)12-19)33-10-8-20(14-33)35-11-9-23(32-35)17-2-4-18(5-3-17)26(28,29)30/h2-7,9,11-12,20-21H,8,10,13-15H2,1H3,(H,31,36). The van der Waals surface area contributed by atoms with Gasteiger partial charge in [-0.25, -0.2) is 9.18 Å². The summed E-state index contributed by atoms with van der Waals surface area (Å²) in [5.41, 5.74) is 1.18. The van der Waals surface area contributed by atoms with Crippen LogP contribution in [0.15, 0.2) is 54.7 Å². The predicted molar refractivity (Wildman–Crippen MR) is 131 cm³/mol. The summed E-state index contributed by atoms with van der Waals surface area (Å²) in [6.45, 7) is 2.83. The lowest BCUT2D eigenvalue weighted by Crippen LogP contribution is -2.33. The van der Waals surface area contributed by atoms with Gasteiger partial charge in [0.15, 0.2) is 0 Å². The molecule has 2 aliphatic rings. The van der Waals surface area contributed by atoms with Crippen molar-refractivity contribution in [1.82, 2.24) is 15.1 Å². The predicted octanol–water partition coefficient (Wildman–Crippen LogP) is 4.62. The van der Waals surface area contributed by atoms with Crippen LogP contribution >= 0.6 is 0 Å². The van der Waals surface area contributed by atoms with Gasteiger partial charge in [-0.05, 0) is 42.8 Å². The van der Waals surface area contributed by atoms with Crippen LogP contribution in [-0.4, -0.2) is 54.1 Å². The Hall–Kier alpha value is -4.09. The highest BCUT2D eigenvalue weighted by Gasteiger charge is 2.34. The third kappa shape index (κ3) is 5.29. The van der Waals surface area contributed by atoms with Crippen molar-refractivity contribution in [1.29, 1.82) is 0 Å². The SMILES string of the molecule is CC(=O)NCC1CN(c2ccc(N3CCC(n4ccc(-c5ccc(C(F)(F)F)cc5)n4)C3)c(F)c2)C(=O)O1. The Kier molecular flexibility index (Phi) is 6.72. The van der Waals surface area contributed by atoms with Crippen molar-refractivity contribution in [2.24, 2.45) is 0 Å². The van der Waals surface area contributed by atoms with Crippen molar-refractivity contribution >= 4 is 23.4 Å². The van der Waals surface area contributed by atoms with Crippen LogP contribution in [0.3, 0.4) is 0 Å². The molecule has 38 heavy (non-hydrogen) atoms. The lowest BCUT2D eigenvalue weighted by molar-refractivity contribution is -0.137. The Morgan fingerprint density at radius 3 is 2.58 bits per heavy atom. The number of rotatable bonds is 6. The van der Waals surface area contributed by atoms with E-state index >= 15 is 4.39 Å². The first-order chi connectivity index (χ1) is 18.1. The molecule has 3 aromatic rings. The molecule has 2 unspecified atom stereocenters. The van der Waals surface area contributed by atoms with Crippen LogP contribution in [0.4, 0.5) is 33.7 Å². The second-order valence-electron chi connectivity index (χ2n) is 9.33. The van der Waals surface area contributed by atoms with Gasteiger partial charge in [0.2, 0.25) is 5.91 Å². The number of hydrogen-bond acceptors (Lipinski definition) is 5. The van der Waals surface area contributed by atoms with Gasteiger partial charge >= 0.3 is 12.3 Å². The van der Waals surface area contributed by atoms with Gasteiger partial charge in [0.05, 0.1) is 41.8 Å². The van der Waals surface area contributed by atoms with Gasteiger partial charge in [0, 0.05) is 31.8 Å². The molecule has 8 nitrogen and oxygen atoms in total. The number of carbonyl (C=O) groups excluding carboxylic acids is 2. The van der Waals surface area contributed by atoms with E-state index in [4.69, 9.17) is 4.74 Å². The van der Waals surface area contributed by atoms with Crippen molar-refractivity contribution in [2.45, 2.75) is 31.7 Å². The van der Waals surface area contributed by atoms with Crippen LogP contribution in [0.5, 0.6) is 0 Å². The van der Waals surface area contributed by atoms with E-state index in [1.165, 1.54) is 30.0 Å². The molecule has 0 radical (unpaired) electrons. The zero-order chi connectivity index (χ0) is 27.0. The van der Waals surface area contributed by atoms with Gasteiger partial charge in [-0.1, -0.05) is 12.1 Å². The fourth-order valence-corrected chi connectivity index (χ4v) is 4.72. The van der Waals surface area contributed by atoms with Crippen LogP contribution in [0.1, 0.15) is 24.9 Å². The Balaban J connectivity index is 1.23. The van der Waals surface area contributed by atoms with Crippen molar-refractivity contribution in [3.63, 3.8) is 0 Å². The van der Waals surface area contributed by atoms with Crippen molar-refractivity contribution < 1.29 is 31.9 Å². The van der Waals surface area contributed by atoms with Gasteiger partial charge < -0.3 is 15.0 Å². The summed E-state index contributed by atoms with van der Waals surface area (Å²) in [5, 5.41) is 7.15. The number of ether oxygens (including phenoxy) is 1. The molecule has 2 fully saturated rings. The molecule has 0 spiro atoms. The third-order valence-electron chi connectivity index (χ3n) is 6.69. The highest BCUT2D eigenvalue weighted by molar-refractivity contribution is 5.90. The van der Waals surface area contributed by atoms with Gasteiger partial charge in [-0.3, -0.25) is 14.4 Å². The number of cyclic esters (lactones) is 1. The van der Waals surface area contributed by atoms with Gasteiger partial charge in [-0.2, -0.15) is 18.3 Å². The van der Waals surface area contributed by atoms with E-state index in [2.05, 4.69) is 10.4 Å². The third-order valence-corrected chi connectivity index (χ3v) is 6.69. The number of aromatic nitrogens is 2. The van der Waals surface area contributed by atoms with E-state index in [1.54, 1.807) is 29.1 Å². The molecular weight excluding hydrogens is 506 g/mol. The van der Waals surface area contributed by atoms with E-state index in [0.29, 0.717) is 42.1 Å². The Morgan fingerprint density at radius 2 is 1.89 bits per heavy atom. The Bertz CT molecular complexity index is 1340. The van der Waals surface area contributed by atoms with Gasteiger partial charge in [0.1, 0.15) is 11.9 Å². The maximum absolute atomic E-state index is 15.1. The number of hydrogen-bond donors (Lipinski definition) is 1. The first-order valence-electron chi connectivity index (χ1n) is 12.1. The van der Waals surface area contributed by atoms with Crippen molar-refractivity contribution in [3.8, 4) is 11.3 Å². The minimum atomic E-state index is -4.40. The second kappa shape index (κ2) is 9.99. The minimum Gasteiger partial charge on any atom is -0.442 e. The molecule has 1 N–H and O–H groups in total. The Morgan fingerprint density at radius 1 is 1.13 bits per heavy atom. The fraction of sp³-hybridized carbons (Fsp3) is 0.346. The molecular formula is C26H25F4N5O3. The Labute approximate surface area is 215 Å². The summed E-state index contributed by atoms with van der Waals surface area (Å²) in [7, 11) is 0. The van der Waals surface area contributed by atoms with Crippen LogP contribution in [0.25, 0.3) is 11.3 Å². The van der Waals surface area contributed by atoms with Crippen molar-refractivity contribution in [3.05, 3.63) is 66.1 Å². The average molecular weight is 532 g/mol. The highest BCUT2D eigenvalue weighted by atomic mass is 19.4. The molecule has 2 aliphatic heterocycles.